The Morgan fingerprint density at radius 3 is 2.52 bits per heavy atom. The van der Waals surface area contributed by atoms with E-state index in [9.17, 15) is 14.4 Å². The Labute approximate surface area is 200 Å². The van der Waals surface area contributed by atoms with E-state index in [1.165, 1.54) is 19.2 Å². The molecule has 0 saturated carbocycles. The minimum Gasteiger partial charge on any atom is -0.465 e. The third kappa shape index (κ3) is 5.21. The largest absolute Gasteiger partial charge is 0.465 e. The molecule has 33 heavy (non-hydrogen) atoms. The zero-order chi connectivity index (χ0) is 23.4. The second-order valence-electron chi connectivity index (χ2n) is 7.43. The Balaban J connectivity index is 1.47. The van der Waals surface area contributed by atoms with Gasteiger partial charge >= 0.3 is 5.97 Å². The second kappa shape index (κ2) is 10.1. The first kappa shape index (κ1) is 22.9. The fraction of sp³-hybridized carbons (Fsp3) is 0.160. The van der Waals surface area contributed by atoms with Gasteiger partial charge < -0.3 is 15.0 Å². The Kier molecular flexibility index (Phi) is 7.01. The van der Waals surface area contributed by atoms with Crippen LogP contribution in [0.15, 0.2) is 72.8 Å². The molecule has 1 atom stereocenters. The van der Waals surface area contributed by atoms with Crippen LogP contribution in [0, 0.1) is 0 Å². The van der Waals surface area contributed by atoms with Gasteiger partial charge in [-0.2, -0.15) is 0 Å². The van der Waals surface area contributed by atoms with Gasteiger partial charge in [-0.3, -0.25) is 9.59 Å². The number of ether oxygens (including phenoxy) is 1. The zero-order valence-corrected chi connectivity index (χ0v) is 19.4. The van der Waals surface area contributed by atoms with Gasteiger partial charge in [-0.1, -0.05) is 54.1 Å². The molecule has 1 N–H and O–H groups in total. The number of nitrogens with one attached hydrogen (secondary N) is 1. The number of thioether (sulfide) groups is 1. The molecule has 0 unspecified atom stereocenters. The van der Waals surface area contributed by atoms with E-state index in [4.69, 9.17) is 16.3 Å². The quantitative estimate of drug-likeness (QED) is 0.493. The molecule has 1 fully saturated rings. The smallest absolute Gasteiger partial charge is 0.339 e. The number of anilines is 1. The fourth-order valence-corrected chi connectivity index (χ4v) is 4.94. The minimum atomic E-state index is -0.580. The maximum Gasteiger partial charge on any atom is 0.339 e. The van der Waals surface area contributed by atoms with E-state index < -0.39 is 5.97 Å². The van der Waals surface area contributed by atoms with E-state index in [1.807, 2.05) is 47.4 Å². The lowest BCUT2D eigenvalue weighted by Crippen LogP contribution is -2.27. The number of amides is 2. The molecular weight excluding hydrogens is 460 g/mol. The number of esters is 1. The van der Waals surface area contributed by atoms with Crippen LogP contribution in [-0.4, -0.2) is 35.5 Å². The molecule has 3 aromatic carbocycles. The van der Waals surface area contributed by atoms with Crippen molar-refractivity contribution in [1.82, 2.24) is 4.90 Å². The van der Waals surface area contributed by atoms with E-state index >= 15 is 0 Å². The summed E-state index contributed by atoms with van der Waals surface area (Å²) in [4.78, 5) is 38.8. The van der Waals surface area contributed by atoms with E-state index in [0.717, 1.165) is 11.1 Å². The lowest BCUT2D eigenvalue weighted by molar-refractivity contribution is -0.128. The number of benzene rings is 3. The van der Waals surface area contributed by atoms with Crippen molar-refractivity contribution in [3.63, 3.8) is 0 Å². The highest BCUT2D eigenvalue weighted by molar-refractivity contribution is 8.00. The van der Waals surface area contributed by atoms with Gasteiger partial charge in [0.2, 0.25) is 5.91 Å². The average Bonchev–Trinajstić information content (AvgIpc) is 3.20. The Bertz CT molecular complexity index is 1180. The van der Waals surface area contributed by atoms with Gasteiger partial charge in [0.25, 0.3) is 5.91 Å². The molecule has 0 aromatic heterocycles. The van der Waals surface area contributed by atoms with Crippen LogP contribution in [0.4, 0.5) is 5.69 Å². The van der Waals surface area contributed by atoms with E-state index in [-0.39, 0.29) is 27.8 Å². The highest BCUT2D eigenvalue weighted by atomic mass is 35.5. The van der Waals surface area contributed by atoms with Crippen molar-refractivity contribution in [1.29, 1.82) is 0 Å². The summed E-state index contributed by atoms with van der Waals surface area (Å²) in [6.07, 6.45) is 0. The second-order valence-corrected chi connectivity index (χ2v) is 8.91. The van der Waals surface area contributed by atoms with Gasteiger partial charge in [0.15, 0.2) is 0 Å². The zero-order valence-electron chi connectivity index (χ0n) is 17.8. The molecule has 8 heteroatoms. The molecule has 6 nitrogen and oxygen atoms in total. The Hall–Kier alpha value is -3.29. The first-order chi connectivity index (χ1) is 16.0. The molecule has 0 bridgehead atoms. The third-order valence-electron chi connectivity index (χ3n) is 5.25. The minimum absolute atomic E-state index is 0.0971. The number of rotatable bonds is 6. The summed E-state index contributed by atoms with van der Waals surface area (Å²) in [6.45, 7) is 0.540. The maximum atomic E-state index is 12.7. The molecule has 2 amide bonds. The van der Waals surface area contributed by atoms with Crippen molar-refractivity contribution < 1.29 is 19.1 Å². The predicted octanol–water partition coefficient (Wildman–Crippen LogP) is 5.15. The van der Waals surface area contributed by atoms with Gasteiger partial charge in [0.1, 0.15) is 5.37 Å². The SMILES string of the molecule is COC(=O)c1cc(NC(=O)c2ccc([C@@H]3SCC(=O)N3Cc3ccccc3)cc2)ccc1Cl. The molecule has 168 valence electrons. The molecule has 0 aliphatic carbocycles. The summed E-state index contributed by atoms with van der Waals surface area (Å²) in [5.74, 6) is -0.376. The van der Waals surface area contributed by atoms with Crippen molar-refractivity contribution in [2.24, 2.45) is 0 Å². The highest BCUT2D eigenvalue weighted by Crippen LogP contribution is 2.39. The van der Waals surface area contributed by atoms with Crippen LogP contribution in [0.5, 0.6) is 0 Å². The lowest BCUT2D eigenvalue weighted by Gasteiger charge is -2.24. The summed E-state index contributed by atoms with van der Waals surface area (Å²) >= 11 is 7.61. The number of carbonyl (C=O) groups is 3. The van der Waals surface area contributed by atoms with Crippen molar-refractivity contribution in [2.45, 2.75) is 11.9 Å². The number of hydrogen-bond donors (Lipinski definition) is 1. The molecular formula is C25H21ClN2O4S. The molecule has 1 heterocycles. The molecule has 0 radical (unpaired) electrons. The lowest BCUT2D eigenvalue weighted by atomic mass is 10.1. The summed E-state index contributed by atoms with van der Waals surface area (Å²) in [6, 6.07) is 21.7. The third-order valence-corrected chi connectivity index (χ3v) is 6.84. The van der Waals surface area contributed by atoms with Crippen LogP contribution in [0.3, 0.4) is 0 Å². The fourth-order valence-electron chi connectivity index (χ4n) is 3.55. The first-order valence-electron chi connectivity index (χ1n) is 10.2. The van der Waals surface area contributed by atoms with E-state index in [1.54, 1.807) is 30.0 Å². The van der Waals surface area contributed by atoms with Gasteiger partial charge in [-0.25, -0.2) is 4.79 Å². The molecule has 4 rings (SSSR count). The maximum absolute atomic E-state index is 12.7. The Morgan fingerprint density at radius 2 is 1.82 bits per heavy atom. The molecule has 3 aromatic rings. The molecule has 1 saturated heterocycles. The number of nitrogens with zero attached hydrogens (tertiary/aromatic N) is 1. The standard InChI is InChI=1S/C25H21ClN2O4S/c1-32-25(31)20-13-19(11-12-21(20)26)27-23(30)17-7-9-18(10-8-17)24-28(22(29)15-33-24)14-16-5-3-2-4-6-16/h2-13,24H,14-15H2,1H3,(H,27,30)/t24-/m0/s1. The molecule has 1 aliphatic rings. The summed E-state index contributed by atoms with van der Waals surface area (Å²) in [5.41, 5.74) is 3.09. The van der Waals surface area contributed by atoms with E-state index in [2.05, 4.69) is 5.32 Å². The highest BCUT2D eigenvalue weighted by Gasteiger charge is 2.32. The van der Waals surface area contributed by atoms with Crippen molar-refractivity contribution in [3.8, 4) is 0 Å². The summed E-state index contributed by atoms with van der Waals surface area (Å²) in [5, 5.41) is 2.91. The Morgan fingerprint density at radius 1 is 1.09 bits per heavy atom. The van der Waals surface area contributed by atoms with Crippen LogP contribution >= 0.6 is 23.4 Å². The summed E-state index contributed by atoms with van der Waals surface area (Å²) < 4.78 is 4.71. The number of halogens is 1. The van der Waals surface area contributed by atoms with E-state index in [0.29, 0.717) is 23.5 Å². The number of methoxy groups -OCH3 is 1. The van der Waals surface area contributed by atoms with Crippen LogP contribution < -0.4 is 5.32 Å². The van der Waals surface area contributed by atoms with Gasteiger partial charge in [-0.05, 0) is 41.5 Å². The van der Waals surface area contributed by atoms with Crippen LogP contribution in [0.2, 0.25) is 5.02 Å². The first-order valence-corrected chi connectivity index (χ1v) is 11.6. The van der Waals surface area contributed by atoms with Crippen LogP contribution in [0.1, 0.15) is 37.2 Å². The van der Waals surface area contributed by atoms with Gasteiger partial charge in [-0.15, -0.1) is 11.8 Å². The average molecular weight is 481 g/mol. The monoisotopic (exact) mass is 480 g/mol. The molecule has 0 spiro atoms. The van der Waals surface area contributed by atoms with Crippen molar-refractivity contribution in [3.05, 3.63) is 100 Å². The predicted molar refractivity (Wildman–Crippen MR) is 129 cm³/mol. The molecule has 1 aliphatic heterocycles. The topological polar surface area (TPSA) is 75.7 Å². The number of hydrogen-bond acceptors (Lipinski definition) is 5. The van der Waals surface area contributed by atoms with Crippen molar-refractivity contribution >= 4 is 46.8 Å². The van der Waals surface area contributed by atoms with Crippen LogP contribution in [-0.2, 0) is 16.1 Å². The van der Waals surface area contributed by atoms with Crippen molar-refractivity contribution in [2.75, 3.05) is 18.2 Å². The number of carbonyl (C=O) groups excluding carboxylic acids is 3. The van der Waals surface area contributed by atoms with Gasteiger partial charge in [0.05, 0.1) is 23.4 Å². The van der Waals surface area contributed by atoms with Crippen LogP contribution in [0.25, 0.3) is 0 Å². The van der Waals surface area contributed by atoms with Gasteiger partial charge in [0, 0.05) is 17.8 Å². The normalized spacial score (nSPS) is 15.4. The summed E-state index contributed by atoms with van der Waals surface area (Å²) in [7, 11) is 1.27.